The Hall–Kier alpha value is -2.16. The van der Waals surface area contributed by atoms with Gasteiger partial charge in [0, 0.05) is 19.4 Å². The fraction of sp³-hybridized carbons (Fsp3) is 0.400. The van der Waals surface area contributed by atoms with Crippen LogP contribution in [0.4, 0.5) is 13.2 Å². The van der Waals surface area contributed by atoms with Gasteiger partial charge in [-0.25, -0.2) is 0 Å². The van der Waals surface area contributed by atoms with E-state index in [-0.39, 0.29) is 12.3 Å². The SMILES string of the molecule is CCC#CCCNC(=O)C(Oc1ccccc1)C(F)(F)F. The fourth-order valence-electron chi connectivity index (χ4n) is 1.46. The van der Waals surface area contributed by atoms with E-state index in [1.165, 1.54) is 24.3 Å². The number of halogens is 3. The van der Waals surface area contributed by atoms with Gasteiger partial charge in [-0.3, -0.25) is 4.79 Å². The average Bonchev–Trinajstić information content (AvgIpc) is 2.44. The van der Waals surface area contributed by atoms with E-state index in [0.717, 1.165) is 0 Å². The summed E-state index contributed by atoms with van der Waals surface area (Å²) < 4.78 is 43.4. The van der Waals surface area contributed by atoms with E-state index in [1.54, 1.807) is 6.07 Å². The summed E-state index contributed by atoms with van der Waals surface area (Å²) in [6, 6.07) is 7.42. The third-order valence-corrected chi connectivity index (χ3v) is 2.38. The molecule has 1 aromatic carbocycles. The number of carbonyl (C=O) groups excluding carboxylic acids is 1. The van der Waals surface area contributed by atoms with Gasteiger partial charge >= 0.3 is 6.18 Å². The topological polar surface area (TPSA) is 38.3 Å². The fourth-order valence-corrected chi connectivity index (χ4v) is 1.46. The molecule has 1 atom stereocenters. The van der Waals surface area contributed by atoms with Crippen molar-refractivity contribution < 1.29 is 22.7 Å². The smallest absolute Gasteiger partial charge is 0.434 e. The third kappa shape index (κ3) is 6.21. The van der Waals surface area contributed by atoms with Gasteiger partial charge < -0.3 is 10.1 Å². The van der Waals surface area contributed by atoms with Crippen LogP contribution in [-0.4, -0.2) is 24.7 Å². The summed E-state index contributed by atoms with van der Waals surface area (Å²) in [5.74, 6) is 4.27. The van der Waals surface area contributed by atoms with E-state index < -0.39 is 18.2 Å². The predicted molar refractivity (Wildman–Crippen MR) is 72.6 cm³/mol. The summed E-state index contributed by atoms with van der Waals surface area (Å²) in [5, 5.41) is 2.18. The first kappa shape index (κ1) is 16.9. The van der Waals surface area contributed by atoms with Crippen LogP contribution in [0, 0.1) is 11.8 Å². The predicted octanol–water partition coefficient (Wildman–Crippen LogP) is 2.92. The summed E-state index contributed by atoms with van der Waals surface area (Å²) in [5.41, 5.74) is 0. The summed E-state index contributed by atoms with van der Waals surface area (Å²) in [7, 11) is 0. The first-order valence-corrected chi connectivity index (χ1v) is 6.47. The van der Waals surface area contributed by atoms with Crippen LogP contribution in [-0.2, 0) is 4.79 Å². The van der Waals surface area contributed by atoms with Crippen molar-refractivity contribution in [2.24, 2.45) is 0 Å². The van der Waals surface area contributed by atoms with E-state index >= 15 is 0 Å². The molecular weight excluding hydrogens is 283 g/mol. The number of alkyl halides is 3. The van der Waals surface area contributed by atoms with E-state index in [4.69, 9.17) is 4.74 Å². The van der Waals surface area contributed by atoms with Crippen LogP contribution in [0.1, 0.15) is 19.8 Å². The second kappa shape index (κ2) is 8.20. The van der Waals surface area contributed by atoms with Crippen molar-refractivity contribution >= 4 is 5.91 Å². The second-order valence-electron chi connectivity index (χ2n) is 4.10. The van der Waals surface area contributed by atoms with Crippen molar-refractivity contribution in [2.45, 2.75) is 32.0 Å². The molecule has 114 valence electrons. The highest BCUT2D eigenvalue weighted by molar-refractivity contribution is 5.82. The highest BCUT2D eigenvalue weighted by atomic mass is 19.4. The minimum Gasteiger partial charge on any atom is -0.471 e. The van der Waals surface area contributed by atoms with Crippen LogP contribution >= 0.6 is 0 Å². The Morgan fingerprint density at radius 2 is 1.95 bits per heavy atom. The maximum absolute atomic E-state index is 12.9. The molecule has 3 nitrogen and oxygen atoms in total. The maximum Gasteiger partial charge on any atom is 0.434 e. The number of rotatable bonds is 5. The van der Waals surface area contributed by atoms with Crippen molar-refractivity contribution in [3.8, 4) is 17.6 Å². The first-order valence-electron chi connectivity index (χ1n) is 6.47. The van der Waals surface area contributed by atoms with Crippen LogP contribution < -0.4 is 10.1 Å². The number of nitrogens with one attached hydrogen (secondary N) is 1. The van der Waals surface area contributed by atoms with Gasteiger partial charge in [-0.15, -0.1) is 11.8 Å². The van der Waals surface area contributed by atoms with Crippen LogP contribution in [0.3, 0.4) is 0 Å². The van der Waals surface area contributed by atoms with Gasteiger partial charge in [-0.2, -0.15) is 13.2 Å². The Morgan fingerprint density at radius 1 is 1.29 bits per heavy atom. The molecule has 0 aliphatic rings. The van der Waals surface area contributed by atoms with Gasteiger partial charge in [0.15, 0.2) is 0 Å². The number of amides is 1. The maximum atomic E-state index is 12.9. The van der Waals surface area contributed by atoms with Gasteiger partial charge in [-0.1, -0.05) is 25.1 Å². The highest BCUT2D eigenvalue weighted by Gasteiger charge is 2.47. The van der Waals surface area contributed by atoms with E-state index in [9.17, 15) is 18.0 Å². The standard InChI is InChI=1S/C15H16F3NO2/c1-2-3-4-8-11-19-14(20)13(15(16,17)18)21-12-9-6-5-7-10-12/h5-7,9-10,13H,2,8,11H2,1H3,(H,19,20). The Bertz CT molecular complexity index is 503. The Kier molecular flexibility index (Phi) is 6.60. The van der Waals surface area contributed by atoms with E-state index in [2.05, 4.69) is 17.2 Å². The van der Waals surface area contributed by atoms with E-state index in [1.807, 2.05) is 6.92 Å². The number of para-hydroxylation sites is 1. The molecule has 0 aromatic heterocycles. The molecule has 1 N–H and O–H groups in total. The molecule has 0 fully saturated rings. The van der Waals surface area contributed by atoms with Crippen molar-refractivity contribution in [3.63, 3.8) is 0 Å². The van der Waals surface area contributed by atoms with Gasteiger partial charge in [0.05, 0.1) is 0 Å². The minimum atomic E-state index is -4.78. The summed E-state index contributed by atoms with van der Waals surface area (Å²) in [4.78, 5) is 11.6. The molecule has 0 heterocycles. The Morgan fingerprint density at radius 3 is 2.52 bits per heavy atom. The van der Waals surface area contributed by atoms with Crippen molar-refractivity contribution in [1.29, 1.82) is 0 Å². The lowest BCUT2D eigenvalue weighted by Gasteiger charge is -2.20. The Balaban J connectivity index is 2.63. The number of carbonyl (C=O) groups is 1. The summed E-state index contributed by atoms with van der Waals surface area (Å²) >= 11 is 0. The van der Waals surface area contributed by atoms with Gasteiger partial charge in [0.1, 0.15) is 5.75 Å². The zero-order valence-corrected chi connectivity index (χ0v) is 11.5. The molecule has 0 aliphatic heterocycles. The van der Waals surface area contributed by atoms with Gasteiger partial charge in [-0.05, 0) is 12.1 Å². The molecular formula is C15H16F3NO2. The normalized spacial score (nSPS) is 12.0. The molecule has 1 rings (SSSR count). The number of hydrogen-bond acceptors (Lipinski definition) is 2. The van der Waals surface area contributed by atoms with E-state index in [0.29, 0.717) is 12.8 Å². The van der Waals surface area contributed by atoms with Gasteiger partial charge in [0.2, 0.25) is 0 Å². The lowest BCUT2D eigenvalue weighted by molar-refractivity contribution is -0.198. The van der Waals surface area contributed by atoms with Crippen molar-refractivity contribution in [1.82, 2.24) is 5.32 Å². The van der Waals surface area contributed by atoms with Crippen molar-refractivity contribution in [3.05, 3.63) is 30.3 Å². The zero-order valence-electron chi connectivity index (χ0n) is 11.5. The molecule has 0 saturated carbocycles. The lowest BCUT2D eigenvalue weighted by Crippen LogP contribution is -2.48. The molecule has 1 aromatic rings. The number of hydrogen-bond donors (Lipinski definition) is 1. The van der Waals surface area contributed by atoms with Crippen molar-refractivity contribution in [2.75, 3.05) is 6.54 Å². The molecule has 21 heavy (non-hydrogen) atoms. The summed E-state index contributed by atoms with van der Waals surface area (Å²) in [6.45, 7) is 1.91. The molecule has 6 heteroatoms. The number of ether oxygens (including phenoxy) is 1. The molecule has 1 unspecified atom stereocenters. The minimum absolute atomic E-state index is 0.0132. The van der Waals surface area contributed by atoms with Crippen LogP contribution in [0.2, 0.25) is 0 Å². The van der Waals surface area contributed by atoms with Crippen LogP contribution in [0.25, 0.3) is 0 Å². The van der Waals surface area contributed by atoms with Crippen LogP contribution in [0.15, 0.2) is 30.3 Å². The van der Waals surface area contributed by atoms with Gasteiger partial charge in [0.25, 0.3) is 12.0 Å². The number of benzene rings is 1. The molecule has 0 bridgehead atoms. The lowest BCUT2D eigenvalue weighted by atomic mass is 10.3. The molecule has 0 saturated heterocycles. The highest BCUT2D eigenvalue weighted by Crippen LogP contribution is 2.25. The summed E-state index contributed by atoms with van der Waals surface area (Å²) in [6.07, 6.45) is -6.35. The quantitative estimate of drug-likeness (QED) is 0.670. The molecule has 0 radical (unpaired) electrons. The average molecular weight is 299 g/mol. The largest absolute Gasteiger partial charge is 0.471 e. The second-order valence-corrected chi connectivity index (χ2v) is 4.10. The zero-order chi connectivity index (χ0) is 15.7. The first-order chi connectivity index (χ1) is 9.95. The monoisotopic (exact) mass is 299 g/mol. The molecule has 0 aliphatic carbocycles. The van der Waals surface area contributed by atoms with Crippen LogP contribution in [0.5, 0.6) is 5.75 Å². The molecule has 1 amide bonds. The molecule has 0 spiro atoms. The Labute approximate surface area is 121 Å². The third-order valence-electron chi connectivity index (χ3n) is 2.38.